The van der Waals surface area contributed by atoms with Crippen LogP contribution >= 0.6 is 0 Å². The molecule has 1 saturated carbocycles. The van der Waals surface area contributed by atoms with Gasteiger partial charge in [0.25, 0.3) is 0 Å². The molecule has 19 heavy (non-hydrogen) atoms. The van der Waals surface area contributed by atoms with Crippen LogP contribution in [0.1, 0.15) is 62.2 Å². The van der Waals surface area contributed by atoms with Crippen LogP contribution in [0.4, 0.5) is 0 Å². The molecule has 2 nitrogen and oxygen atoms in total. The van der Waals surface area contributed by atoms with Crippen molar-refractivity contribution in [2.24, 2.45) is 5.92 Å². The van der Waals surface area contributed by atoms with Crippen molar-refractivity contribution in [3.63, 3.8) is 0 Å². The molecule has 0 N–H and O–H groups in total. The van der Waals surface area contributed by atoms with Crippen molar-refractivity contribution in [3.8, 4) is 5.75 Å². The lowest BCUT2D eigenvalue weighted by Crippen LogP contribution is -2.08. The summed E-state index contributed by atoms with van der Waals surface area (Å²) < 4.78 is 5.40. The zero-order valence-corrected chi connectivity index (χ0v) is 11.9. The van der Waals surface area contributed by atoms with E-state index in [2.05, 4.69) is 0 Å². The summed E-state index contributed by atoms with van der Waals surface area (Å²) in [6, 6.07) is 7.57. The van der Waals surface area contributed by atoms with Crippen LogP contribution in [0, 0.1) is 5.92 Å². The first-order valence-corrected chi connectivity index (χ1v) is 7.55. The number of carbonyl (C=O) groups excluding carboxylic acids is 1. The molecule has 1 fully saturated rings. The van der Waals surface area contributed by atoms with Gasteiger partial charge in [-0.25, -0.2) is 0 Å². The number of benzene rings is 1. The highest BCUT2D eigenvalue weighted by Gasteiger charge is 2.17. The molecule has 1 aliphatic rings. The summed E-state index contributed by atoms with van der Waals surface area (Å²) in [5.74, 6) is 1.73. The summed E-state index contributed by atoms with van der Waals surface area (Å²) in [5.41, 5.74) is 0.827. The predicted molar refractivity (Wildman–Crippen MR) is 77.8 cm³/mol. The maximum Gasteiger partial charge on any atom is 0.163 e. The molecule has 0 aromatic heterocycles. The van der Waals surface area contributed by atoms with E-state index in [9.17, 15) is 4.79 Å². The zero-order chi connectivity index (χ0) is 13.5. The maximum absolute atomic E-state index is 12.3. The van der Waals surface area contributed by atoms with Crippen molar-refractivity contribution in [3.05, 3.63) is 29.8 Å². The highest BCUT2D eigenvalue weighted by Crippen LogP contribution is 2.27. The van der Waals surface area contributed by atoms with Gasteiger partial charge in [-0.05, 0) is 37.1 Å². The molecule has 0 heterocycles. The second-order valence-electron chi connectivity index (χ2n) is 5.44. The molecule has 0 radical (unpaired) electrons. The van der Waals surface area contributed by atoms with Gasteiger partial charge in [0.1, 0.15) is 5.75 Å². The van der Waals surface area contributed by atoms with E-state index < -0.39 is 0 Å². The molecule has 2 rings (SSSR count). The fourth-order valence-electron chi connectivity index (χ4n) is 2.85. The normalized spacial score (nSPS) is 16.9. The predicted octanol–water partition coefficient (Wildman–Crippen LogP) is 4.63. The van der Waals surface area contributed by atoms with E-state index in [1.165, 1.54) is 38.5 Å². The molecule has 0 saturated heterocycles. The van der Waals surface area contributed by atoms with Gasteiger partial charge in [-0.3, -0.25) is 4.79 Å². The van der Waals surface area contributed by atoms with E-state index in [1.807, 2.05) is 31.2 Å². The molecular weight excluding hydrogens is 236 g/mol. The molecule has 0 bridgehead atoms. The Bertz CT molecular complexity index is 386. The van der Waals surface area contributed by atoms with Crippen LogP contribution in [-0.4, -0.2) is 12.4 Å². The van der Waals surface area contributed by atoms with Crippen LogP contribution in [0.3, 0.4) is 0 Å². The SMILES string of the molecule is CCOc1ccc(C(=O)CC2CCCCCC2)cc1. The number of carbonyl (C=O) groups is 1. The fraction of sp³-hybridized carbons (Fsp3) is 0.588. The van der Waals surface area contributed by atoms with E-state index in [-0.39, 0.29) is 5.78 Å². The minimum Gasteiger partial charge on any atom is -0.494 e. The van der Waals surface area contributed by atoms with Gasteiger partial charge in [-0.1, -0.05) is 38.5 Å². The first-order chi connectivity index (χ1) is 9.29. The van der Waals surface area contributed by atoms with Crippen molar-refractivity contribution in [1.29, 1.82) is 0 Å². The van der Waals surface area contributed by atoms with Crippen LogP contribution in [-0.2, 0) is 0 Å². The fourth-order valence-corrected chi connectivity index (χ4v) is 2.85. The average Bonchev–Trinajstić information content (AvgIpc) is 2.68. The Morgan fingerprint density at radius 2 is 1.74 bits per heavy atom. The van der Waals surface area contributed by atoms with Gasteiger partial charge in [0, 0.05) is 12.0 Å². The Hall–Kier alpha value is -1.31. The Kier molecular flexibility index (Phi) is 5.44. The Balaban J connectivity index is 1.91. The molecule has 104 valence electrons. The number of hydrogen-bond donors (Lipinski definition) is 0. The third kappa shape index (κ3) is 4.38. The minimum atomic E-state index is 0.287. The molecule has 0 aliphatic heterocycles. The van der Waals surface area contributed by atoms with Gasteiger partial charge in [0.15, 0.2) is 5.78 Å². The largest absolute Gasteiger partial charge is 0.494 e. The molecule has 1 aromatic rings. The molecule has 0 spiro atoms. The van der Waals surface area contributed by atoms with E-state index in [1.54, 1.807) is 0 Å². The summed E-state index contributed by atoms with van der Waals surface area (Å²) in [6.45, 7) is 2.63. The Morgan fingerprint density at radius 3 is 2.32 bits per heavy atom. The van der Waals surface area contributed by atoms with Gasteiger partial charge in [-0.15, -0.1) is 0 Å². The Labute approximate surface area is 116 Å². The quantitative estimate of drug-likeness (QED) is 0.570. The lowest BCUT2D eigenvalue weighted by molar-refractivity contribution is 0.0957. The van der Waals surface area contributed by atoms with Gasteiger partial charge >= 0.3 is 0 Å². The highest BCUT2D eigenvalue weighted by atomic mass is 16.5. The first-order valence-electron chi connectivity index (χ1n) is 7.55. The average molecular weight is 260 g/mol. The first kappa shape index (κ1) is 14.1. The van der Waals surface area contributed by atoms with Crippen molar-refractivity contribution in [1.82, 2.24) is 0 Å². The van der Waals surface area contributed by atoms with E-state index in [0.29, 0.717) is 18.9 Å². The number of hydrogen-bond acceptors (Lipinski definition) is 2. The topological polar surface area (TPSA) is 26.3 Å². The summed E-state index contributed by atoms with van der Waals surface area (Å²) in [6.07, 6.45) is 8.43. The number of ketones is 1. The molecule has 0 amide bonds. The standard InChI is InChI=1S/C17H24O2/c1-2-19-16-11-9-15(10-12-16)17(18)13-14-7-5-3-4-6-8-14/h9-12,14H,2-8,13H2,1H3. The molecule has 0 unspecified atom stereocenters. The van der Waals surface area contributed by atoms with Crippen molar-refractivity contribution >= 4 is 5.78 Å². The molecular formula is C17H24O2. The van der Waals surface area contributed by atoms with Crippen molar-refractivity contribution in [2.75, 3.05) is 6.61 Å². The van der Waals surface area contributed by atoms with Gasteiger partial charge in [0.05, 0.1) is 6.61 Å². The van der Waals surface area contributed by atoms with Gasteiger partial charge in [-0.2, -0.15) is 0 Å². The second kappa shape index (κ2) is 7.32. The highest BCUT2D eigenvalue weighted by molar-refractivity contribution is 5.96. The van der Waals surface area contributed by atoms with Crippen LogP contribution in [0.15, 0.2) is 24.3 Å². The summed E-state index contributed by atoms with van der Waals surface area (Å²) in [4.78, 5) is 12.3. The van der Waals surface area contributed by atoms with Crippen LogP contribution < -0.4 is 4.74 Å². The van der Waals surface area contributed by atoms with Crippen molar-refractivity contribution in [2.45, 2.75) is 51.9 Å². The van der Waals surface area contributed by atoms with E-state index in [0.717, 1.165) is 11.3 Å². The van der Waals surface area contributed by atoms with Crippen molar-refractivity contribution < 1.29 is 9.53 Å². The monoisotopic (exact) mass is 260 g/mol. The summed E-state index contributed by atoms with van der Waals surface area (Å²) in [7, 11) is 0. The third-order valence-corrected chi connectivity index (χ3v) is 3.94. The molecule has 2 heteroatoms. The van der Waals surface area contributed by atoms with Crippen LogP contribution in [0.5, 0.6) is 5.75 Å². The smallest absolute Gasteiger partial charge is 0.163 e. The number of rotatable bonds is 5. The summed E-state index contributed by atoms with van der Waals surface area (Å²) in [5, 5.41) is 0. The molecule has 0 atom stereocenters. The Morgan fingerprint density at radius 1 is 1.11 bits per heavy atom. The minimum absolute atomic E-state index is 0.287. The lowest BCUT2D eigenvalue weighted by atomic mass is 9.92. The third-order valence-electron chi connectivity index (χ3n) is 3.94. The van der Waals surface area contributed by atoms with E-state index >= 15 is 0 Å². The van der Waals surface area contributed by atoms with E-state index in [4.69, 9.17) is 4.74 Å². The van der Waals surface area contributed by atoms with Crippen LogP contribution in [0.2, 0.25) is 0 Å². The second-order valence-corrected chi connectivity index (χ2v) is 5.44. The molecule has 1 aromatic carbocycles. The maximum atomic E-state index is 12.3. The van der Waals surface area contributed by atoms with Gasteiger partial charge < -0.3 is 4.74 Å². The zero-order valence-electron chi connectivity index (χ0n) is 11.9. The molecule has 1 aliphatic carbocycles. The summed E-state index contributed by atoms with van der Waals surface area (Å²) >= 11 is 0. The van der Waals surface area contributed by atoms with Crippen LogP contribution in [0.25, 0.3) is 0 Å². The number of Topliss-reactive ketones (excluding diaryl/α,β-unsaturated/α-hetero) is 1. The van der Waals surface area contributed by atoms with Gasteiger partial charge in [0.2, 0.25) is 0 Å². The number of ether oxygens (including phenoxy) is 1. The lowest BCUT2D eigenvalue weighted by Gasteiger charge is -2.13.